The van der Waals surface area contributed by atoms with E-state index in [1.807, 2.05) is 92.7 Å². The highest BCUT2D eigenvalue weighted by Gasteiger charge is 2.35. The van der Waals surface area contributed by atoms with E-state index >= 15 is 0 Å². The van der Waals surface area contributed by atoms with Crippen LogP contribution in [0.5, 0.6) is 11.5 Å². The second kappa shape index (κ2) is 14.1. The van der Waals surface area contributed by atoms with Gasteiger partial charge in [0.2, 0.25) is 0 Å². The molecule has 0 saturated carbocycles. The second-order valence-electron chi connectivity index (χ2n) is 10.7. The van der Waals surface area contributed by atoms with Crippen molar-refractivity contribution in [1.29, 1.82) is 0 Å². The van der Waals surface area contributed by atoms with Crippen LogP contribution in [0, 0.1) is 0 Å². The summed E-state index contributed by atoms with van der Waals surface area (Å²) in [7, 11) is 0. The van der Waals surface area contributed by atoms with Crippen LogP contribution in [-0.2, 0) is 22.6 Å². The second-order valence-corrected chi connectivity index (χ2v) is 12.2. The molecule has 0 aliphatic carbocycles. The summed E-state index contributed by atoms with van der Waals surface area (Å²) in [5.41, 5.74) is 3.87. The molecule has 0 N–H and O–H groups in total. The largest absolute Gasteiger partial charge is 0.491 e. The van der Waals surface area contributed by atoms with Crippen molar-refractivity contribution in [3.05, 3.63) is 138 Å². The molecule has 9 heteroatoms. The molecule has 1 aliphatic rings. The number of aromatic nitrogens is 1. The maximum Gasteiger partial charge on any atom is 0.338 e. The van der Waals surface area contributed by atoms with Crippen LogP contribution < -0.4 is 24.4 Å². The van der Waals surface area contributed by atoms with Crippen LogP contribution in [0.4, 0.5) is 0 Å². The third-order valence-electron chi connectivity index (χ3n) is 7.18. The predicted octanol–water partition coefficient (Wildman–Crippen LogP) is 6.55. The van der Waals surface area contributed by atoms with Gasteiger partial charge in [-0.15, -0.1) is 6.58 Å². The Kier molecular flexibility index (Phi) is 10.1. The molecule has 4 aromatic rings. The number of hydrogen-bond acceptors (Lipinski definition) is 7. The summed E-state index contributed by atoms with van der Waals surface area (Å²) >= 11 is 7.59. The number of halogens is 1. The van der Waals surface area contributed by atoms with E-state index < -0.39 is 12.0 Å². The van der Waals surface area contributed by atoms with Crippen molar-refractivity contribution in [3.63, 3.8) is 0 Å². The Balaban J connectivity index is 1.59. The Labute approximate surface area is 271 Å². The van der Waals surface area contributed by atoms with E-state index in [-0.39, 0.29) is 18.3 Å². The lowest BCUT2D eigenvalue weighted by molar-refractivity contribution is -0.139. The Hall–Kier alpha value is -4.40. The molecule has 2 heterocycles. The molecule has 1 aliphatic heterocycles. The third kappa shape index (κ3) is 6.97. The molecule has 0 spiro atoms. The van der Waals surface area contributed by atoms with E-state index in [9.17, 15) is 9.59 Å². The summed E-state index contributed by atoms with van der Waals surface area (Å²) in [4.78, 5) is 32.6. The monoisotopic (exact) mass is 642 g/mol. The number of carbonyl (C=O) groups is 1. The topological polar surface area (TPSA) is 79.1 Å². The molecular formula is C36H35ClN2O5S. The van der Waals surface area contributed by atoms with Crippen LogP contribution in [-0.4, -0.2) is 23.2 Å². The number of thiazole rings is 1. The van der Waals surface area contributed by atoms with Crippen LogP contribution in [0.1, 0.15) is 56.0 Å². The SMILES string of the molecule is C=CCc1cc(/C=c2/sc3n(c2=O)[C@H](c2ccccc2OC(C)C)C(C(=O)OCC)=C(C)N=3)ccc1OCc1ccccc1Cl. The molecule has 45 heavy (non-hydrogen) atoms. The zero-order valence-electron chi connectivity index (χ0n) is 25.7. The summed E-state index contributed by atoms with van der Waals surface area (Å²) in [6.45, 7) is 11.8. The summed E-state index contributed by atoms with van der Waals surface area (Å²) in [5, 5.41) is 0.646. The maximum atomic E-state index is 14.1. The number of carbonyl (C=O) groups excluding carboxylic acids is 1. The van der Waals surface area contributed by atoms with E-state index in [2.05, 4.69) is 6.58 Å². The van der Waals surface area contributed by atoms with E-state index in [4.69, 9.17) is 30.8 Å². The predicted molar refractivity (Wildman–Crippen MR) is 179 cm³/mol. The molecule has 0 amide bonds. The van der Waals surface area contributed by atoms with Gasteiger partial charge in [-0.25, -0.2) is 9.79 Å². The fourth-order valence-corrected chi connectivity index (χ4v) is 6.46. The molecule has 5 rings (SSSR count). The van der Waals surface area contributed by atoms with Crippen LogP contribution in [0.25, 0.3) is 6.08 Å². The lowest BCUT2D eigenvalue weighted by atomic mass is 9.95. The van der Waals surface area contributed by atoms with Crippen LogP contribution in [0.15, 0.2) is 100 Å². The summed E-state index contributed by atoms with van der Waals surface area (Å²) < 4.78 is 19.8. The number of allylic oxidation sites excluding steroid dienone is 2. The average molecular weight is 643 g/mol. The molecular weight excluding hydrogens is 608 g/mol. The Morgan fingerprint density at radius 1 is 1.09 bits per heavy atom. The van der Waals surface area contributed by atoms with Gasteiger partial charge in [0.05, 0.1) is 28.5 Å². The van der Waals surface area contributed by atoms with Crippen molar-refractivity contribution in [2.45, 2.75) is 52.9 Å². The Bertz CT molecular complexity index is 1960. The maximum absolute atomic E-state index is 14.1. The van der Waals surface area contributed by atoms with E-state index in [0.717, 1.165) is 16.7 Å². The molecule has 0 saturated heterocycles. The highest BCUT2D eigenvalue weighted by Crippen LogP contribution is 2.36. The normalized spacial score (nSPS) is 14.6. The zero-order valence-corrected chi connectivity index (χ0v) is 27.3. The molecule has 1 atom stereocenters. The van der Waals surface area contributed by atoms with Crippen molar-refractivity contribution >= 4 is 35.0 Å². The number of nitrogens with zero attached hydrogens (tertiary/aromatic N) is 2. The molecule has 232 valence electrons. The minimum Gasteiger partial charge on any atom is -0.491 e. The van der Waals surface area contributed by atoms with Gasteiger partial charge in [0.15, 0.2) is 4.80 Å². The van der Waals surface area contributed by atoms with E-state index in [1.54, 1.807) is 18.4 Å². The van der Waals surface area contributed by atoms with Crippen LogP contribution in [0.2, 0.25) is 5.02 Å². The van der Waals surface area contributed by atoms with Gasteiger partial charge in [-0.3, -0.25) is 9.36 Å². The van der Waals surface area contributed by atoms with Gasteiger partial charge in [-0.2, -0.15) is 0 Å². The molecule has 0 bridgehead atoms. The number of rotatable bonds is 11. The van der Waals surface area contributed by atoms with Gasteiger partial charge >= 0.3 is 5.97 Å². The van der Waals surface area contributed by atoms with Gasteiger partial charge in [0, 0.05) is 16.1 Å². The van der Waals surface area contributed by atoms with Crippen molar-refractivity contribution in [1.82, 2.24) is 4.57 Å². The number of ether oxygens (including phenoxy) is 3. The molecule has 1 aromatic heterocycles. The number of esters is 1. The van der Waals surface area contributed by atoms with E-state index in [0.29, 0.717) is 55.7 Å². The van der Waals surface area contributed by atoms with Crippen molar-refractivity contribution in [2.75, 3.05) is 6.61 Å². The van der Waals surface area contributed by atoms with Gasteiger partial charge in [-0.05, 0) is 75.6 Å². The molecule has 7 nitrogen and oxygen atoms in total. The lowest BCUT2D eigenvalue weighted by Gasteiger charge is -2.26. The standard InChI is InChI=1S/C36H35ClN2O5S/c1-6-12-25-19-24(17-18-29(25)43-21-26-13-8-10-15-28(26)37)20-31-34(40)39-33(27-14-9-11-16-30(27)44-22(3)4)32(35(41)42-7-2)23(5)38-36(39)45-31/h6,8-11,13-20,22,33H,1,7,12,21H2,2-5H3/b31-20+/t33-/m1/s1. The minimum absolute atomic E-state index is 0.112. The first-order valence-corrected chi connectivity index (χ1v) is 16.0. The quantitative estimate of drug-likeness (QED) is 0.137. The molecule has 0 radical (unpaired) electrons. The number of benzene rings is 3. The van der Waals surface area contributed by atoms with Gasteiger partial charge in [0.25, 0.3) is 5.56 Å². The average Bonchev–Trinajstić information content (AvgIpc) is 3.31. The Morgan fingerprint density at radius 3 is 2.58 bits per heavy atom. The van der Waals surface area contributed by atoms with Crippen LogP contribution >= 0.6 is 22.9 Å². The minimum atomic E-state index is -0.769. The summed E-state index contributed by atoms with van der Waals surface area (Å²) in [5.74, 6) is 0.786. The number of para-hydroxylation sites is 1. The lowest BCUT2D eigenvalue weighted by Crippen LogP contribution is -2.40. The summed E-state index contributed by atoms with van der Waals surface area (Å²) in [6, 6.07) is 20.0. The highest BCUT2D eigenvalue weighted by atomic mass is 35.5. The highest BCUT2D eigenvalue weighted by molar-refractivity contribution is 7.07. The summed E-state index contributed by atoms with van der Waals surface area (Å²) in [6.07, 6.45) is 4.12. The van der Waals surface area contributed by atoms with E-state index in [1.165, 1.54) is 11.3 Å². The molecule has 3 aromatic carbocycles. The van der Waals surface area contributed by atoms with Crippen molar-refractivity contribution in [2.24, 2.45) is 4.99 Å². The first-order chi connectivity index (χ1) is 21.7. The fraction of sp³-hybridized carbons (Fsp3) is 0.250. The smallest absolute Gasteiger partial charge is 0.338 e. The first-order valence-electron chi connectivity index (χ1n) is 14.8. The number of hydrogen-bond donors (Lipinski definition) is 0. The number of fused-ring (bicyclic) bond motifs is 1. The van der Waals surface area contributed by atoms with Crippen LogP contribution in [0.3, 0.4) is 0 Å². The fourth-order valence-electron chi connectivity index (χ4n) is 5.22. The molecule has 0 unspecified atom stereocenters. The Morgan fingerprint density at radius 2 is 1.84 bits per heavy atom. The molecule has 0 fully saturated rings. The third-order valence-corrected chi connectivity index (χ3v) is 8.53. The van der Waals surface area contributed by atoms with Crippen molar-refractivity contribution < 1.29 is 19.0 Å². The van der Waals surface area contributed by atoms with Crippen molar-refractivity contribution in [3.8, 4) is 11.5 Å². The van der Waals surface area contributed by atoms with Gasteiger partial charge in [-0.1, -0.05) is 71.5 Å². The first kappa shape index (κ1) is 32.0. The van der Waals surface area contributed by atoms with Gasteiger partial charge < -0.3 is 14.2 Å². The van der Waals surface area contributed by atoms with Gasteiger partial charge in [0.1, 0.15) is 24.1 Å². The zero-order chi connectivity index (χ0) is 32.1.